The van der Waals surface area contributed by atoms with Gasteiger partial charge in [0, 0.05) is 42.5 Å². The Balaban J connectivity index is 1.41. The molecule has 0 aliphatic heterocycles. The maximum Gasteiger partial charge on any atom is 0.279 e. The van der Waals surface area contributed by atoms with Crippen molar-refractivity contribution in [2.75, 3.05) is 12.4 Å². The van der Waals surface area contributed by atoms with E-state index in [0.29, 0.717) is 51.2 Å². The van der Waals surface area contributed by atoms with Crippen molar-refractivity contribution in [3.63, 3.8) is 0 Å². The molecule has 1 fully saturated rings. The van der Waals surface area contributed by atoms with Gasteiger partial charge in [-0.1, -0.05) is 66.4 Å². The Hall–Kier alpha value is -3.83. The van der Waals surface area contributed by atoms with Crippen LogP contribution in [0.25, 0.3) is 22.4 Å². The van der Waals surface area contributed by atoms with Crippen molar-refractivity contribution in [1.82, 2.24) is 25.1 Å². The molecule has 5 rings (SSSR count). The lowest BCUT2D eigenvalue weighted by Crippen LogP contribution is -2.41. The first-order chi connectivity index (χ1) is 20.3. The second-order valence-electron chi connectivity index (χ2n) is 10.0. The SMILES string of the molecule is COc1nc(-c2cccc(-c3cccc(NC(=O)c4ccnn(C)c4=O)c3Cl)c2Cl)cnc1CN[C@@H]1CCCC[C@@H]1O. The number of carbonyl (C=O) groups excluding carboxylic acids is 1. The van der Waals surface area contributed by atoms with Gasteiger partial charge in [-0.05, 0) is 25.0 Å². The summed E-state index contributed by atoms with van der Waals surface area (Å²) < 4.78 is 6.63. The van der Waals surface area contributed by atoms with Crippen molar-refractivity contribution in [2.45, 2.75) is 44.4 Å². The molecule has 0 bridgehead atoms. The van der Waals surface area contributed by atoms with E-state index in [0.717, 1.165) is 30.4 Å². The number of anilines is 1. The quantitative estimate of drug-likeness (QED) is 0.258. The number of carbonyl (C=O) groups is 1. The first kappa shape index (κ1) is 29.7. The highest BCUT2D eigenvalue weighted by atomic mass is 35.5. The first-order valence-corrected chi connectivity index (χ1v) is 14.3. The third kappa shape index (κ3) is 6.17. The van der Waals surface area contributed by atoms with E-state index in [9.17, 15) is 14.7 Å². The zero-order chi connectivity index (χ0) is 29.8. The zero-order valence-corrected chi connectivity index (χ0v) is 24.6. The normalized spacial score (nSPS) is 16.7. The van der Waals surface area contributed by atoms with Gasteiger partial charge in [-0.3, -0.25) is 14.6 Å². The van der Waals surface area contributed by atoms with E-state index in [2.05, 4.69) is 25.7 Å². The number of rotatable bonds is 8. The fourth-order valence-corrected chi connectivity index (χ4v) is 5.63. The molecular weight excluding hydrogens is 579 g/mol. The maximum absolute atomic E-state index is 12.9. The summed E-state index contributed by atoms with van der Waals surface area (Å²) in [6.45, 7) is 0.408. The molecule has 0 radical (unpaired) electrons. The largest absolute Gasteiger partial charge is 0.480 e. The molecule has 12 heteroatoms. The molecule has 0 spiro atoms. The molecule has 0 saturated heterocycles. The number of methoxy groups -OCH3 is 1. The molecule has 1 saturated carbocycles. The Morgan fingerprint density at radius 3 is 2.55 bits per heavy atom. The van der Waals surface area contributed by atoms with Crippen LogP contribution in [0.3, 0.4) is 0 Å². The fourth-order valence-electron chi connectivity index (χ4n) is 5.03. The van der Waals surface area contributed by atoms with Crippen LogP contribution in [0.2, 0.25) is 10.0 Å². The second kappa shape index (κ2) is 13.0. The Labute approximate surface area is 252 Å². The van der Waals surface area contributed by atoms with Gasteiger partial charge in [0.15, 0.2) is 0 Å². The lowest BCUT2D eigenvalue weighted by Gasteiger charge is -2.28. The lowest BCUT2D eigenvalue weighted by atomic mass is 9.92. The number of hydrogen-bond acceptors (Lipinski definition) is 8. The summed E-state index contributed by atoms with van der Waals surface area (Å²) in [5.74, 6) is -0.247. The molecular formula is C30H30Cl2N6O4. The molecule has 2 heterocycles. The van der Waals surface area contributed by atoms with Gasteiger partial charge >= 0.3 is 0 Å². The van der Waals surface area contributed by atoms with Crippen molar-refractivity contribution in [3.8, 4) is 28.3 Å². The summed E-state index contributed by atoms with van der Waals surface area (Å²) in [5, 5.41) is 20.9. The van der Waals surface area contributed by atoms with Crippen LogP contribution in [0.5, 0.6) is 5.88 Å². The van der Waals surface area contributed by atoms with Crippen LogP contribution in [-0.2, 0) is 13.6 Å². The predicted molar refractivity (Wildman–Crippen MR) is 162 cm³/mol. The molecule has 2 aromatic heterocycles. The Morgan fingerprint density at radius 2 is 1.79 bits per heavy atom. The van der Waals surface area contributed by atoms with E-state index in [1.807, 2.05) is 18.2 Å². The van der Waals surface area contributed by atoms with E-state index in [1.165, 1.54) is 26.4 Å². The predicted octanol–water partition coefficient (Wildman–Crippen LogP) is 4.87. The number of aromatic nitrogens is 4. The number of aryl methyl sites for hydroxylation is 1. The van der Waals surface area contributed by atoms with Crippen LogP contribution in [0.1, 0.15) is 41.7 Å². The van der Waals surface area contributed by atoms with Crippen LogP contribution in [0, 0.1) is 0 Å². The minimum absolute atomic E-state index is 0.0106. The summed E-state index contributed by atoms with van der Waals surface area (Å²) >= 11 is 13.7. The standard InChI is InChI=1S/C30H30Cl2N6O4/c1-38-30(41)20(13-14-35-38)28(40)36-22-11-6-8-18(27(22)32)17-7-5-9-19(26(17)31)23-15-34-24(29(37-23)42-2)16-33-21-10-3-4-12-25(21)39/h5-9,11,13-15,21,25,33,39H,3-4,10,12,16H2,1-2H3,(H,36,40)/t21-,25+/m1/s1. The highest BCUT2D eigenvalue weighted by Crippen LogP contribution is 2.41. The fraction of sp³-hybridized carbons (Fsp3) is 0.300. The molecule has 0 unspecified atom stereocenters. The first-order valence-electron chi connectivity index (χ1n) is 13.5. The molecule has 2 aromatic carbocycles. The molecule has 3 N–H and O–H groups in total. The van der Waals surface area contributed by atoms with E-state index in [4.69, 9.17) is 27.9 Å². The van der Waals surface area contributed by atoms with Crippen molar-refractivity contribution in [2.24, 2.45) is 7.05 Å². The van der Waals surface area contributed by atoms with Crippen molar-refractivity contribution < 1.29 is 14.6 Å². The minimum atomic E-state index is -0.605. The van der Waals surface area contributed by atoms with Gasteiger partial charge in [-0.2, -0.15) is 5.10 Å². The molecule has 1 aliphatic carbocycles. The molecule has 42 heavy (non-hydrogen) atoms. The van der Waals surface area contributed by atoms with Gasteiger partial charge in [0.1, 0.15) is 11.3 Å². The summed E-state index contributed by atoms with van der Waals surface area (Å²) in [7, 11) is 3.00. The third-order valence-electron chi connectivity index (χ3n) is 7.33. The number of nitrogens with zero attached hydrogens (tertiary/aromatic N) is 4. The average molecular weight is 610 g/mol. The smallest absolute Gasteiger partial charge is 0.279 e. The summed E-state index contributed by atoms with van der Waals surface area (Å²) in [6, 6.07) is 12.0. The number of ether oxygens (including phenoxy) is 1. The van der Waals surface area contributed by atoms with Crippen LogP contribution in [0.15, 0.2) is 59.7 Å². The number of benzene rings is 2. The molecule has 218 valence electrons. The molecule has 10 nitrogen and oxygen atoms in total. The van der Waals surface area contributed by atoms with Gasteiger partial charge in [0.25, 0.3) is 11.5 Å². The molecule has 4 aromatic rings. The van der Waals surface area contributed by atoms with Gasteiger partial charge in [0.2, 0.25) is 5.88 Å². The Morgan fingerprint density at radius 1 is 1.07 bits per heavy atom. The number of aliphatic hydroxyl groups is 1. The topological polar surface area (TPSA) is 131 Å². The van der Waals surface area contributed by atoms with Crippen LogP contribution < -0.4 is 20.9 Å². The maximum atomic E-state index is 12.9. The van der Waals surface area contributed by atoms with E-state index in [1.54, 1.807) is 24.4 Å². The van der Waals surface area contributed by atoms with Crippen LogP contribution in [-0.4, -0.2) is 50.0 Å². The Bertz CT molecular complexity index is 1680. The molecule has 1 amide bonds. The third-order valence-corrected chi connectivity index (χ3v) is 8.14. The van der Waals surface area contributed by atoms with Crippen molar-refractivity contribution in [3.05, 3.63) is 86.5 Å². The monoisotopic (exact) mass is 608 g/mol. The van der Waals surface area contributed by atoms with Gasteiger partial charge in [-0.15, -0.1) is 0 Å². The Kier molecular flexibility index (Phi) is 9.18. The van der Waals surface area contributed by atoms with Crippen LogP contribution >= 0.6 is 23.2 Å². The van der Waals surface area contributed by atoms with Crippen molar-refractivity contribution in [1.29, 1.82) is 0 Å². The molecule has 1 aliphatic rings. The summed E-state index contributed by atoms with van der Waals surface area (Å²) in [5.41, 5.74) is 2.69. The van der Waals surface area contributed by atoms with E-state index < -0.39 is 11.5 Å². The van der Waals surface area contributed by atoms with Gasteiger partial charge in [-0.25, -0.2) is 9.67 Å². The average Bonchev–Trinajstić information content (AvgIpc) is 2.99. The summed E-state index contributed by atoms with van der Waals surface area (Å²) in [4.78, 5) is 34.4. The lowest BCUT2D eigenvalue weighted by molar-refractivity contribution is 0.0899. The number of hydrogen-bond donors (Lipinski definition) is 3. The number of nitrogens with one attached hydrogen (secondary N) is 2. The van der Waals surface area contributed by atoms with Gasteiger partial charge in [0.05, 0.1) is 40.8 Å². The van der Waals surface area contributed by atoms with E-state index in [-0.39, 0.29) is 22.7 Å². The number of aliphatic hydroxyl groups excluding tert-OH is 1. The molecule has 2 atom stereocenters. The highest BCUT2D eigenvalue weighted by molar-refractivity contribution is 6.39. The second-order valence-corrected chi connectivity index (χ2v) is 10.8. The van der Waals surface area contributed by atoms with Crippen molar-refractivity contribution >= 4 is 34.8 Å². The van der Waals surface area contributed by atoms with E-state index >= 15 is 0 Å². The highest BCUT2D eigenvalue weighted by Gasteiger charge is 2.24. The number of amides is 1. The van der Waals surface area contributed by atoms with Gasteiger partial charge < -0.3 is 20.5 Å². The minimum Gasteiger partial charge on any atom is -0.480 e. The zero-order valence-electron chi connectivity index (χ0n) is 23.1. The number of halogens is 2. The summed E-state index contributed by atoms with van der Waals surface area (Å²) in [6.07, 6.45) is 6.45. The van der Waals surface area contributed by atoms with Crippen LogP contribution in [0.4, 0.5) is 5.69 Å².